The van der Waals surface area contributed by atoms with Gasteiger partial charge in [0.15, 0.2) is 0 Å². The van der Waals surface area contributed by atoms with Crippen molar-refractivity contribution in [3.63, 3.8) is 0 Å². The first kappa shape index (κ1) is 15.4. The van der Waals surface area contributed by atoms with Gasteiger partial charge in [0.05, 0.1) is 0 Å². The molecule has 2 N–H and O–H groups in total. The molecule has 0 aromatic carbocycles. The second-order valence-electron chi connectivity index (χ2n) is 3.26. The van der Waals surface area contributed by atoms with Gasteiger partial charge in [0.1, 0.15) is 0 Å². The summed E-state index contributed by atoms with van der Waals surface area (Å²) in [6.07, 6.45) is 3.46. The zero-order valence-corrected chi connectivity index (χ0v) is 10.1. The Bertz CT molecular complexity index is 84.2. The van der Waals surface area contributed by atoms with Crippen molar-refractivity contribution < 1.29 is 0 Å². The number of nitrogens with zero attached hydrogens (tertiary/aromatic N) is 1. The van der Waals surface area contributed by atoms with Crippen LogP contribution in [0.4, 0.5) is 0 Å². The summed E-state index contributed by atoms with van der Waals surface area (Å²) in [6.45, 7) is 10.7. The maximum absolute atomic E-state index is 5.79. The van der Waals surface area contributed by atoms with Gasteiger partial charge < -0.3 is 10.6 Å². The van der Waals surface area contributed by atoms with Crippen LogP contribution in [0.1, 0.15) is 47.0 Å². The van der Waals surface area contributed by atoms with E-state index in [0.29, 0.717) is 6.04 Å². The van der Waals surface area contributed by atoms with Crippen LogP contribution in [0.2, 0.25) is 0 Å². The molecule has 0 aromatic heterocycles. The highest BCUT2D eigenvalue weighted by molar-refractivity contribution is 4.61. The second-order valence-corrected chi connectivity index (χ2v) is 3.26. The van der Waals surface area contributed by atoms with E-state index < -0.39 is 0 Å². The highest BCUT2D eigenvalue weighted by Crippen LogP contribution is 1.96. The average molecular weight is 188 g/mol. The third-order valence-corrected chi connectivity index (χ3v) is 2.01. The summed E-state index contributed by atoms with van der Waals surface area (Å²) >= 11 is 0. The van der Waals surface area contributed by atoms with E-state index in [1.54, 1.807) is 0 Å². The summed E-state index contributed by atoms with van der Waals surface area (Å²) in [5.74, 6) is 0. The van der Waals surface area contributed by atoms with Crippen LogP contribution in [-0.4, -0.2) is 31.1 Å². The molecule has 1 unspecified atom stereocenters. The summed E-state index contributed by atoms with van der Waals surface area (Å²) < 4.78 is 0. The highest BCUT2D eigenvalue weighted by atomic mass is 15.1. The van der Waals surface area contributed by atoms with Gasteiger partial charge >= 0.3 is 0 Å². The van der Waals surface area contributed by atoms with E-state index in [-0.39, 0.29) is 0 Å². The first-order chi connectivity index (χ1) is 6.20. The normalized spacial score (nSPS) is 12.2. The summed E-state index contributed by atoms with van der Waals surface area (Å²) in [6, 6.07) is 0.398. The fraction of sp³-hybridized carbons (Fsp3) is 1.00. The number of hydrogen-bond acceptors (Lipinski definition) is 2. The molecule has 0 rings (SSSR count). The van der Waals surface area contributed by atoms with Gasteiger partial charge in [-0.2, -0.15) is 0 Å². The summed E-state index contributed by atoms with van der Waals surface area (Å²) in [5, 5.41) is 0. The van der Waals surface area contributed by atoms with E-state index in [1.165, 1.54) is 13.0 Å². The largest absolute Gasteiger partial charge is 0.328 e. The molecule has 2 nitrogen and oxygen atoms in total. The van der Waals surface area contributed by atoms with Crippen molar-refractivity contribution in [2.45, 2.75) is 53.0 Å². The zero-order valence-electron chi connectivity index (χ0n) is 10.1. The van der Waals surface area contributed by atoms with Gasteiger partial charge in [-0.1, -0.05) is 27.7 Å². The minimum atomic E-state index is 0.398. The third kappa shape index (κ3) is 11.9. The van der Waals surface area contributed by atoms with Crippen molar-refractivity contribution in [3.05, 3.63) is 0 Å². The van der Waals surface area contributed by atoms with Crippen molar-refractivity contribution in [2.24, 2.45) is 5.73 Å². The Balaban J connectivity index is 0. The van der Waals surface area contributed by atoms with Crippen LogP contribution in [0.25, 0.3) is 0 Å². The average Bonchev–Trinajstić information content (AvgIpc) is 2.18. The van der Waals surface area contributed by atoms with Crippen LogP contribution in [0.3, 0.4) is 0 Å². The van der Waals surface area contributed by atoms with Gasteiger partial charge in [-0.25, -0.2) is 0 Å². The Morgan fingerprint density at radius 3 is 2.08 bits per heavy atom. The van der Waals surface area contributed by atoms with Crippen LogP contribution in [-0.2, 0) is 0 Å². The molecule has 0 radical (unpaired) electrons. The quantitative estimate of drug-likeness (QED) is 0.694. The van der Waals surface area contributed by atoms with Gasteiger partial charge in [0, 0.05) is 6.04 Å². The van der Waals surface area contributed by atoms with Crippen molar-refractivity contribution in [1.82, 2.24) is 4.90 Å². The lowest BCUT2D eigenvalue weighted by molar-refractivity contribution is 0.317. The summed E-state index contributed by atoms with van der Waals surface area (Å²) in [5.41, 5.74) is 5.79. The molecule has 0 spiro atoms. The number of rotatable bonds is 6. The Labute approximate surface area is 84.5 Å². The molecule has 0 aliphatic rings. The van der Waals surface area contributed by atoms with Crippen LogP contribution >= 0.6 is 0 Å². The molecule has 0 aliphatic heterocycles. The Morgan fingerprint density at radius 2 is 1.69 bits per heavy atom. The standard InChI is InChI=1S/C9H22N2.C2H6/c1-4-7-11(3)8-6-9(10)5-2;1-2/h9H,4-8,10H2,1-3H3;1-2H3. The van der Waals surface area contributed by atoms with E-state index in [0.717, 1.165) is 19.4 Å². The topological polar surface area (TPSA) is 29.3 Å². The smallest absolute Gasteiger partial charge is 0.00483 e. The zero-order chi connectivity index (χ0) is 10.7. The van der Waals surface area contributed by atoms with Gasteiger partial charge in [0.25, 0.3) is 0 Å². The van der Waals surface area contributed by atoms with Crippen molar-refractivity contribution in [1.29, 1.82) is 0 Å². The van der Waals surface area contributed by atoms with E-state index in [2.05, 4.69) is 25.8 Å². The Morgan fingerprint density at radius 1 is 1.15 bits per heavy atom. The van der Waals surface area contributed by atoms with Gasteiger partial charge in [-0.05, 0) is 39.4 Å². The first-order valence-electron chi connectivity index (χ1n) is 5.64. The molecule has 0 fully saturated rings. The third-order valence-electron chi connectivity index (χ3n) is 2.01. The SMILES string of the molecule is CC.CCCN(C)CCC(N)CC. The van der Waals surface area contributed by atoms with Crippen LogP contribution in [0.15, 0.2) is 0 Å². The molecule has 0 saturated heterocycles. The van der Waals surface area contributed by atoms with Gasteiger partial charge in [-0.15, -0.1) is 0 Å². The monoisotopic (exact) mass is 188 g/mol. The van der Waals surface area contributed by atoms with Crippen LogP contribution in [0.5, 0.6) is 0 Å². The van der Waals surface area contributed by atoms with E-state index in [9.17, 15) is 0 Å². The molecular formula is C11H28N2. The molecule has 0 aliphatic carbocycles. The van der Waals surface area contributed by atoms with Crippen molar-refractivity contribution >= 4 is 0 Å². The molecule has 82 valence electrons. The molecule has 2 heteroatoms. The Kier molecular flexibility index (Phi) is 14.1. The molecule has 0 amide bonds. The molecule has 13 heavy (non-hydrogen) atoms. The van der Waals surface area contributed by atoms with E-state index in [4.69, 9.17) is 5.73 Å². The highest BCUT2D eigenvalue weighted by Gasteiger charge is 2.00. The fourth-order valence-corrected chi connectivity index (χ4v) is 1.08. The van der Waals surface area contributed by atoms with Crippen molar-refractivity contribution in [3.8, 4) is 0 Å². The predicted octanol–water partition coefficient (Wildman–Crippen LogP) is 2.48. The molecule has 1 atom stereocenters. The Hall–Kier alpha value is -0.0800. The van der Waals surface area contributed by atoms with Crippen LogP contribution in [0, 0.1) is 0 Å². The molecular weight excluding hydrogens is 160 g/mol. The summed E-state index contributed by atoms with van der Waals surface area (Å²) in [4.78, 5) is 2.34. The maximum atomic E-state index is 5.79. The molecule has 0 aromatic rings. The lowest BCUT2D eigenvalue weighted by atomic mass is 10.1. The lowest BCUT2D eigenvalue weighted by Crippen LogP contribution is -2.28. The number of hydrogen-bond donors (Lipinski definition) is 1. The van der Waals surface area contributed by atoms with E-state index >= 15 is 0 Å². The maximum Gasteiger partial charge on any atom is 0.00483 e. The lowest BCUT2D eigenvalue weighted by Gasteiger charge is -2.17. The fourth-order valence-electron chi connectivity index (χ4n) is 1.08. The minimum Gasteiger partial charge on any atom is -0.328 e. The number of nitrogens with two attached hydrogens (primary N) is 1. The predicted molar refractivity (Wildman–Crippen MR) is 62.0 cm³/mol. The molecule has 0 bridgehead atoms. The minimum absolute atomic E-state index is 0.398. The van der Waals surface area contributed by atoms with Crippen LogP contribution < -0.4 is 5.73 Å². The summed E-state index contributed by atoms with van der Waals surface area (Å²) in [7, 11) is 2.16. The van der Waals surface area contributed by atoms with Crippen molar-refractivity contribution in [2.75, 3.05) is 20.1 Å². The second kappa shape index (κ2) is 11.9. The first-order valence-corrected chi connectivity index (χ1v) is 5.64. The molecule has 0 heterocycles. The molecule has 0 saturated carbocycles. The van der Waals surface area contributed by atoms with Gasteiger partial charge in [0.2, 0.25) is 0 Å². The van der Waals surface area contributed by atoms with E-state index in [1.807, 2.05) is 13.8 Å². The van der Waals surface area contributed by atoms with Gasteiger partial charge in [-0.3, -0.25) is 0 Å².